The molecule has 6 nitrogen and oxygen atoms in total. The molecule has 0 amide bonds. The van der Waals surface area contributed by atoms with Gasteiger partial charge in [-0.2, -0.15) is 13.2 Å². The molecule has 0 saturated carbocycles. The summed E-state index contributed by atoms with van der Waals surface area (Å²) < 4.78 is 43.2. The van der Waals surface area contributed by atoms with E-state index in [4.69, 9.17) is 4.42 Å². The third-order valence-electron chi connectivity index (χ3n) is 4.36. The van der Waals surface area contributed by atoms with Crippen molar-refractivity contribution in [3.8, 4) is 0 Å². The molecule has 1 saturated heterocycles. The van der Waals surface area contributed by atoms with Crippen LogP contribution in [0.3, 0.4) is 0 Å². The van der Waals surface area contributed by atoms with Gasteiger partial charge >= 0.3 is 12.1 Å². The van der Waals surface area contributed by atoms with Gasteiger partial charge < -0.3 is 9.32 Å². The van der Waals surface area contributed by atoms with Gasteiger partial charge in [0.1, 0.15) is 10.7 Å². The smallest absolute Gasteiger partial charge is 0.404 e. The first kappa shape index (κ1) is 18.2. The largest absolute Gasteiger partial charge is 0.433 e. The van der Waals surface area contributed by atoms with Crippen molar-refractivity contribution in [3.05, 3.63) is 57.8 Å². The highest BCUT2D eigenvalue weighted by molar-refractivity contribution is 5.48. The molecule has 1 aromatic heterocycles. The van der Waals surface area contributed by atoms with E-state index < -0.39 is 16.7 Å². The summed E-state index contributed by atoms with van der Waals surface area (Å²) >= 11 is 0. The van der Waals surface area contributed by atoms with Crippen molar-refractivity contribution < 1.29 is 22.5 Å². The fourth-order valence-electron chi connectivity index (χ4n) is 3.02. The van der Waals surface area contributed by atoms with Gasteiger partial charge in [-0.1, -0.05) is 0 Å². The molecule has 0 spiro atoms. The summed E-state index contributed by atoms with van der Waals surface area (Å²) in [5.74, 6) is 0.251. The fourth-order valence-corrected chi connectivity index (χ4v) is 3.02. The molecular weight excluding hydrogens is 351 g/mol. The van der Waals surface area contributed by atoms with Crippen LogP contribution in [0.5, 0.6) is 0 Å². The summed E-state index contributed by atoms with van der Waals surface area (Å²) in [7, 11) is 0. The van der Waals surface area contributed by atoms with Crippen LogP contribution >= 0.6 is 0 Å². The van der Waals surface area contributed by atoms with Crippen LogP contribution in [0, 0.1) is 10.1 Å². The fraction of sp³-hybridized carbons (Fsp3) is 0.412. The van der Waals surface area contributed by atoms with Crippen LogP contribution in [0.15, 0.2) is 40.8 Å². The molecule has 2 aromatic rings. The van der Waals surface area contributed by atoms with Crippen LogP contribution in [-0.4, -0.2) is 36.0 Å². The van der Waals surface area contributed by atoms with Gasteiger partial charge in [0, 0.05) is 31.9 Å². The first-order chi connectivity index (χ1) is 12.3. The molecular formula is C17H18F3N3O3. The lowest BCUT2D eigenvalue weighted by Crippen LogP contribution is -2.30. The van der Waals surface area contributed by atoms with Crippen LogP contribution in [-0.2, 0) is 12.7 Å². The molecule has 3 rings (SSSR count). The van der Waals surface area contributed by atoms with Gasteiger partial charge in [0.2, 0.25) is 0 Å². The minimum atomic E-state index is -4.33. The zero-order valence-electron chi connectivity index (χ0n) is 13.9. The number of hydrogen-bond donors (Lipinski definition) is 0. The Morgan fingerprint density at radius 2 is 1.77 bits per heavy atom. The Balaban J connectivity index is 1.60. The second-order valence-electron chi connectivity index (χ2n) is 6.16. The van der Waals surface area contributed by atoms with Crippen LogP contribution in [0.2, 0.25) is 0 Å². The van der Waals surface area contributed by atoms with Gasteiger partial charge in [-0.05, 0) is 36.8 Å². The molecule has 1 fully saturated rings. The number of halogens is 3. The molecule has 0 bridgehead atoms. The quantitative estimate of drug-likeness (QED) is 0.604. The third-order valence-corrected chi connectivity index (χ3v) is 4.36. The standard InChI is InChI=1S/C17H18F3N3O3/c18-17(19,20)13-2-4-14(5-3-13)22-9-1-8-21(10-11-22)12-15-6-7-16(26-15)23(24)25/h2-7H,1,8-12H2. The normalized spacial score (nSPS) is 16.5. The Hall–Kier alpha value is -2.55. The summed E-state index contributed by atoms with van der Waals surface area (Å²) in [5.41, 5.74) is 0.102. The molecule has 140 valence electrons. The Morgan fingerprint density at radius 1 is 1.04 bits per heavy atom. The molecule has 1 aliphatic heterocycles. The summed E-state index contributed by atoms with van der Waals surface area (Å²) in [4.78, 5) is 14.3. The van der Waals surface area contributed by atoms with E-state index in [1.54, 1.807) is 6.07 Å². The van der Waals surface area contributed by atoms with Gasteiger partial charge in [0.05, 0.1) is 18.2 Å². The van der Waals surface area contributed by atoms with Crippen molar-refractivity contribution >= 4 is 11.6 Å². The van der Waals surface area contributed by atoms with E-state index in [-0.39, 0.29) is 5.88 Å². The number of nitro groups is 1. The van der Waals surface area contributed by atoms with Gasteiger partial charge in [-0.25, -0.2) is 0 Å². The Labute approximate surface area is 148 Å². The Kier molecular flexibility index (Phi) is 5.17. The molecule has 26 heavy (non-hydrogen) atoms. The molecule has 2 heterocycles. The average Bonchev–Trinajstić information content (AvgIpc) is 2.93. The summed E-state index contributed by atoms with van der Waals surface area (Å²) in [6.45, 7) is 3.34. The van der Waals surface area contributed by atoms with Crippen LogP contribution in [0.4, 0.5) is 24.7 Å². The average molecular weight is 369 g/mol. The van der Waals surface area contributed by atoms with E-state index in [1.807, 2.05) is 4.90 Å². The molecule has 1 aromatic carbocycles. The Morgan fingerprint density at radius 3 is 2.38 bits per heavy atom. The topological polar surface area (TPSA) is 62.8 Å². The second kappa shape index (κ2) is 7.36. The van der Waals surface area contributed by atoms with E-state index in [0.29, 0.717) is 25.4 Å². The van der Waals surface area contributed by atoms with Gasteiger partial charge in [-0.3, -0.25) is 15.0 Å². The van der Waals surface area contributed by atoms with Crippen LogP contribution in [0.25, 0.3) is 0 Å². The number of furan rings is 1. The van der Waals surface area contributed by atoms with Crippen LogP contribution < -0.4 is 4.90 Å². The third kappa shape index (κ3) is 4.34. The van der Waals surface area contributed by atoms with E-state index in [2.05, 4.69) is 4.90 Å². The van der Waals surface area contributed by atoms with Gasteiger partial charge in [-0.15, -0.1) is 0 Å². The molecule has 9 heteroatoms. The highest BCUT2D eigenvalue weighted by Crippen LogP contribution is 2.30. The lowest BCUT2D eigenvalue weighted by Gasteiger charge is -2.23. The van der Waals surface area contributed by atoms with E-state index in [1.165, 1.54) is 18.2 Å². The lowest BCUT2D eigenvalue weighted by atomic mass is 10.2. The molecule has 0 atom stereocenters. The predicted molar refractivity (Wildman–Crippen MR) is 88.9 cm³/mol. The predicted octanol–water partition coefficient (Wildman–Crippen LogP) is 3.92. The monoisotopic (exact) mass is 369 g/mol. The zero-order valence-corrected chi connectivity index (χ0v) is 13.9. The number of benzene rings is 1. The van der Waals surface area contributed by atoms with Crippen molar-refractivity contribution in [1.82, 2.24) is 4.90 Å². The summed E-state index contributed by atoms with van der Waals surface area (Å²) in [6, 6.07) is 8.11. The van der Waals surface area contributed by atoms with Crippen molar-refractivity contribution in [2.45, 2.75) is 19.1 Å². The number of rotatable bonds is 4. The first-order valence-corrected chi connectivity index (χ1v) is 8.20. The van der Waals surface area contributed by atoms with Crippen molar-refractivity contribution in [1.29, 1.82) is 0 Å². The van der Waals surface area contributed by atoms with Gasteiger partial charge in [0.15, 0.2) is 0 Å². The van der Waals surface area contributed by atoms with E-state index in [0.717, 1.165) is 37.3 Å². The summed E-state index contributed by atoms with van der Waals surface area (Å²) in [5, 5.41) is 10.7. The minimum Gasteiger partial charge on any atom is -0.404 e. The SMILES string of the molecule is O=[N+]([O-])c1ccc(CN2CCCN(c3ccc(C(F)(F)F)cc3)CC2)o1. The zero-order chi connectivity index (χ0) is 18.7. The maximum absolute atomic E-state index is 12.7. The number of alkyl halides is 3. The van der Waals surface area contributed by atoms with E-state index >= 15 is 0 Å². The Bertz CT molecular complexity index is 759. The van der Waals surface area contributed by atoms with Crippen molar-refractivity contribution in [2.75, 3.05) is 31.1 Å². The molecule has 0 unspecified atom stereocenters. The molecule has 1 aliphatic rings. The van der Waals surface area contributed by atoms with Crippen LogP contribution in [0.1, 0.15) is 17.7 Å². The highest BCUT2D eigenvalue weighted by atomic mass is 19.4. The number of hydrogen-bond acceptors (Lipinski definition) is 5. The summed E-state index contributed by atoms with van der Waals surface area (Å²) in [6.07, 6.45) is -3.50. The van der Waals surface area contributed by atoms with E-state index in [9.17, 15) is 23.3 Å². The maximum atomic E-state index is 12.7. The minimum absolute atomic E-state index is 0.277. The van der Waals surface area contributed by atoms with Gasteiger partial charge in [0.25, 0.3) is 0 Å². The first-order valence-electron chi connectivity index (χ1n) is 8.20. The molecule has 0 aliphatic carbocycles. The lowest BCUT2D eigenvalue weighted by molar-refractivity contribution is -0.402. The molecule has 0 radical (unpaired) electrons. The van der Waals surface area contributed by atoms with Crippen molar-refractivity contribution in [2.24, 2.45) is 0 Å². The highest BCUT2D eigenvalue weighted by Gasteiger charge is 2.30. The second-order valence-corrected chi connectivity index (χ2v) is 6.16. The van der Waals surface area contributed by atoms with Crippen molar-refractivity contribution in [3.63, 3.8) is 0 Å². The maximum Gasteiger partial charge on any atom is 0.433 e. The number of anilines is 1. The molecule has 0 N–H and O–H groups in total. The number of nitrogens with zero attached hydrogens (tertiary/aromatic N) is 3.